The molecule has 0 saturated heterocycles. The molecule has 2 heterocycles. The Labute approximate surface area is 126 Å². The molecule has 0 atom stereocenters. The first-order valence-electron chi connectivity index (χ1n) is 6.17. The van der Waals surface area contributed by atoms with Crippen LogP contribution in [0.25, 0.3) is 10.9 Å². The van der Waals surface area contributed by atoms with E-state index in [0.717, 1.165) is 5.39 Å². The van der Waals surface area contributed by atoms with Gasteiger partial charge in [-0.1, -0.05) is 23.7 Å². The van der Waals surface area contributed by atoms with Crippen LogP contribution < -0.4 is 4.72 Å². The van der Waals surface area contributed by atoms with Crippen molar-refractivity contribution in [1.29, 1.82) is 0 Å². The molecule has 21 heavy (non-hydrogen) atoms. The zero-order valence-corrected chi connectivity index (χ0v) is 13.0. The van der Waals surface area contributed by atoms with E-state index in [1.165, 1.54) is 10.9 Å². The number of anilines is 1. The summed E-state index contributed by atoms with van der Waals surface area (Å²) in [5.74, 6) is 0. The molecule has 0 radical (unpaired) electrons. The number of rotatable bonds is 3. The summed E-state index contributed by atoms with van der Waals surface area (Å²) < 4.78 is 29.0. The first-order chi connectivity index (χ1) is 9.88. The number of benzene rings is 1. The Bertz CT molecular complexity index is 927. The molecule has 0 aliphatic heterocycles. The Kier molecular flexibility index (Phi) is 3.18. The van der Waals surface area contributed by atoms with E-state index in [2.05, 4.69) is 14.8 Å². The highest BCUT2D eigenvalue weighted by molar-refractivity contribution is 7.92. The van der Waals surface area contributed by atoms with Crippen LogP contribution in [0.5, 0.6) is 0 Å². The van der Waals surface area contributed by atoms with E-state index in [-0.39, 0.29) is 4.90 Å². The van der Waals surface area contributed by atoms with Gasteiger partial charge in [0.05, 0.1) is 21.9 Å². The third kappa shape index (κ3) is 2.38. The number of hydrogen-bond acceptors (Lipinski definition) is 3. The number of hydrogen-bond donors (Lipinski definition) is 2. The van der Waals surface area contributed by atoms with Crippen LogP contribution in [-0.2, 0) is 17.1 Å². The first-order valence-corrected chi connectivity index (χ1v) is 8.03. The van der Waals surface area contributed by atoms with Gasteiger partial charge in [0.25, 0.3) is 10.0 Å². The van der Waals surface area contributed by atoms with E-state index in [1.807, 2.05) is 6.07 Å². The van der Waals surface area contributed by atoms with Crippen molar-refractivity contribution >= 4 is 38.2 Å². The Morgan fingerprint density at radius 2 is 2.14 bits per heavy atom. The number of nitrogens with one attached hydrogen (secondary N) is 2. The maximum atomic E-state index is 12.5. The quantitative estimate of drug-likeness (QED) is 0.777. The molecule has 0 unspecified atom stereocenters. The SMILES string of the molecule is Cc1nn(C)cc1S(=O)(=O)Nc1cccc2c(Cl)c[nH]c12. The van der Waals surface area contributed by atoms with Crippen molar-refractivity contribution in [1.82, 2.24) is 14.8 Å². The normalized spacial score (nSPS) is 12.0. The average Bonchev–Trinajstić information content (AvgIpc) is 2.94. The highest BCUT2D eigenvalue weighted by Crippen LogP contribution is 2.30. The van der Waals surface area contributed by atoms with Gasteiger partial charge in [0, 0.05) is 24.8 Å². The molecule has 110 valence electrons. The summed E-state index contributed by atoms with van der Waals surface area (Å²) in [6.45, 7) is 1.65. The predicted octanol–water partition coefficient (Wildman–Crippen LogP) is 2.66. The van der Waals surface area contributed by atoms with Crippen molar-refractivity contribution in [2.45, 2.75) is 11.8 Å². The Morgan fingerprint density at radius 3 is 2.81 bits per heavy atom. The van der Waals surface area contributed by atoms with Crippen molar-refractivity contribution in [3.05, 3.63) is 41.3 Å². The van der Waals surface area contributed by atoms with E-state index in [9.17, 15) is 8.42 Å². The van der Waals surface area contributed by atoms with Gasteiger partial charge in [0.2, 0.25) is 0 Å². The van der Waals surface area contributed by atoms with Crippen molar-refractivity contribution in [2.24, 2.45) is 7.05 Å². The second kappa shape index (κ2) is 4.78. The Morgan fingerprint density at radius 1 is 1.38 bits per heavy atom. The molecule has 0 fully saturated rings. The molecule has 0 saturated carbocycles. The molecule has 1 aromatic carbocycles. The summed E-state index contributed by atoms with van der Waals surface area (Å²) >= 11 is 6.04. The van der Waals surface area contributed by atoms with Crippen LogP contribution in [0.3, 0.4) is 0 Å². The first kappa shape index (κ1) is 14.0. The van der Waals surface area contributed by atoms with Gasteiger partial charge in [0.15, 0.2) is 0 Å². The standard InChI is InChI=1S/C13H13ClN4O2S/c1-8-12(7-18(2)16-8)21(19,20)17-11-5-3-4-9-10(14)6-15-13(9)11/h3-7,15,17H,1-2H3. The van der Waals surface area contributed by atoms with Gasteiger partial charge < -0.3 is 4.98 Å². The van der Waals surface area contributed by atoms with Crippen LogP contribution in [-0.4, -0.2) is 23.2 Å². The van der Waals surface area contributed by atoms with Crippen LogP contribution in [0, 0.1) is 6.92 Å². The lowest BCUT2D eigenvalue weighted by molar-refractivity contribution is 0.600. The summed E-state index contributed by atoms with van der Waals surface area (Å²) in [4.78, 5) is 3.12. The minimum atomic E-state index is -3.70. The smallest absolute Gasteiger partial charge is 0.265 e. The van der Waals surface area contributed by atoms with E-state index < -0.39 is 10.0 Å². The Hall–Kier alpha value is -1.99. The fraction of sp³-hybridized carbons (Fsp3) is 0.154. The predicted molar refractivity (Wildman–Crippen MR) is 82.1 cm³/mol. The third-order valence-corrected chi connectivity index (χ3v) is 4.95. The summed E-state index contributed by atoms with van der Waals surface area (Å²) in [6.07, 6.45) is 3.10. The number of nitrogens with zero attached hydrogens (tertiary/aromatic N) is 2. The molecule has 0 spiro atoms. The van der Waals surface area contributed by atoms with Gasteiger partial charge in [-0.25, -0.2) is 8.42 Å². The van der Waals surface area contributed by atoms with Gasteiger partial charge in [-0.2, -0.15) is 5.10 Å². The van der Waals surface area contributed by atoms with E-state index in [0.29, 0.717) is 21.9 Å². The van der Waals surface area contributed by atoms with E-state index >= 15 is 0 Å². The molecular weight excluding hydrogens is 312 g/mol. The van der Waals surface area contributed by atoms with E-state index in [1.54, 1.807) is 32.3 Å². The fourth-order valence-electron chi connectivity index (χ4n) is 2.25. The monoisotopic (exact) mass is 324 g/mol. The van der Waals surface area contributed by atoms with Crippen molar-refractivity contribution in [3.8, 4) is 0 Å². The maximum absolute atomic E-state index is 12.5. The minimum absolute atomic E-state index is 0.152. The van der Waals surface area contributed by atoms with Crippen LogP contribution in [0.4, 0.5) is 5.69 Å². The minimum Gasteiger partial charge on any atom is -0.358 e. The molecule has 6 nitrogen and oxygen atoms in total. The summed E-state index contributed by atoms with van der Waals surface area (Å²) in [6, 6.07) is 5.25. The molecule has 3 rings (SSSR count). The number of fused-ring (bicyclic) bond motifs is 1. The van der Waals surface area contributed by atoms with Gasteiger partial charge >= 0.3 is 0 Å². The van der Waals surface area contributed by atoms with Crippen LogP contribution in [0.2, 0.25) is 5.02 Å². The largest absolute Gasteiger partial charge is 0.358 e. The molecule has 0 aliphatic rings. The maximum Gasteiger partial charge on any atom is 0.265 e. The number of sulfonamides is 1. The Balaban J connectivity index is 2.07. The second-order valence-electron chi connectivity index (χ2n) is 4.72. The van der Waals surface area contributed by atoms with Gasteiger partial charge in [-0.15, -0.1) is 0 Å². The molecule has 3 aromatic rings. The fourth-order valence-corrected chi connectivity index (χ4v) is 3.75. The topological polar surface area (TPSA) is 79.8 Å². The lowest BCUT2D eigenvalue weighted by Crippen LogP contribution is -2.13. The lowest BCUT2D eigenvalue weighted by atomic mass is 10.2. The number of aromatic amines is 1. The van der Waals surface area contributed by atoms with Crippen LogP contribution in [0.1, 0.15) is 5.69 Å². The van der Waals surface area contributed by atoms with Crippen molar-refractivity contribution < 1.29 is 8.42 Å². The number of H-pyrrole nitrogens is 1. The van der Waals surface area contributed by atoms with E-state index in [4.69, 9.17) is 11.6 Å². The van der Waals surface area contributed by atoms with Gasteiger partial charge in [-0.3, -0.25) is 9.40 Å². The zero-order chi connectivity index (χ0) is 15.2. The van der Waals surface area contributed by atoms with Crippen molar-refractivity contribution in [3.63, 3.8) is 0 Å². The van der Waals surface area contributed by atoms with Gasteiger partial charge in [-0.05, 0) is 13.0 Å². The van der Waals surface area contributed by atoms with Crippen LogP contribution >= 0.6 is 11.6 Å². The molecule has 2 N–H and O–H groups in total. The summed E-state index contributed by atoms with van der Waals surface area (Å²) in [5, 5.41) is 5.36. The molecule has 8 heteroatoms. The number of aromatic nitrogens is 3. The highest BCUT2D eigenvalue weighted by atomic mass is 35.5. The number of para-hydroxylation sites is 1. The second-order valence-corrected chi connectivity index (χ2v) is 6.78. The third-order valence-electron chi connectivity index (χ3n) is 3.17. The average molecular weight is 325 g/mol. The van der Waals surface area contributed by atoms with Gasteiger partial charge in [0.1, 0.15) is 4.90 Å². The lowest BCUT2D eigenvalue weighted by Gasteiger charge is -2.08. The molecule has 0 amide bonds. The molecule has 0 bridgehead atoms. The summed E-state index contributed by atoms with van der Waals surface area (Å²) in [7, 11) is -2.02. The summed E-state index contributed by atoms with van der Waals surface area (Å²) in [5.41, 5.74) is 1.54. The number of halogens is 1. The molecule has 2 aromatic heterocycles. The molecule has 0 aliphatic carbocycles. The highest BCUT2D eigenvalue weighted by Gasteiger charge is 2.21. The van der Waals surface area contributed by atoms with Crippen molar-refractivity contribution in [2.75, 3.05) is 4.72 Å². The zero-order valence-electron chi connectivity index (χ0n) is 11.4. The number of aryl methyl sites for hydroxylation is 2. The van der Waals surface area contributed by atoms with Crippen LogP contribution in [0.15, 0.2) is 35.5 Å². The molecular formula is C13H13ClN4O2S.